The molecule has 20 heavy (non-hydrogen) atoms. The Hall–Kier alpha value is -0.970. The summed E-state index contributed by atoms with van der Waals surface area (Å²) in [6, 6.07) is 5.06. The summed E-state index contributed by atoms with van der Waals surface area (Å²) >= 11 is 0. The van der Waals surface area contributed by atoms with E-state index in [9.17, 15) is 0 Å². The first-order chi connectivity index (χ1) is 9.69. The van der Waals surface area contributed by atoms with Crippen molar-refractivity contribution in [2.75, 3.05) is 33.7 Å². The van der Waals surface area contributed by atoms with Crippen molar-refractivity contribution < 1.29 is 0 Å². The molecule has 1 aliphatic rings. The van der Waals surface area contributed by atoms with E-state index in [-0.39, 0.29) is 0 Å². The van der Waals surface area contributed by atoms with Crippen LogP contribution < -0.4 is 5.32 Å². The average molecular weight is 276 g/mol. The maximum absolute atomic E-state index is 4.59. The van der Waals surface area contributed by atoms with Crippen molar-refractivity contribution in [3.8, 4) is 0 Å². The third-order valence-corrected chi connectivity index (χ3v) is 4.19. The molecule has 1 N–H and O–H groups in total. The Balaban J connectivity index is 1.83. The molecular formula is C16H28N4. The minimum Gasteiger partial charge on any atom is -0.313 e. The smallest absolute Gasteiger partial charge is 0.0544 e. The molecule has 1 fully saturated rings. The van der Waals surface area contributed by atoms with Crippen molar-refractivity contribution in [3.05, 3.63) is 29.6 Å². The van der Waals surface area contributed by atoms with Crippen LogP contribution in [0.3, 0.4) is 0 Å². The average Bonchev–Trinajstić information content (AvgIpc) is 2.47. The summed E-state index contributed by atoms with van der Waals surface area (Å²) in [7, 11) is 4.44. The molecule has 1 aromatic rings. The number of nitrogens with zero attached hydrogens (tertiary/aromatic N) is 3. The first-order valence-electron chi connectivity index (χ1n) is 7.72. The fourth-order valence-electron chi connectivity index (χ4n) is 2.74. The minimum absolute atomic E-state index is 0.703. The Morgan fingerprint density at radius 3 is 2.70 bits per heavy atom. The van der Waals surface area contributed by atoms with Gasteiger partial charge in [0, 0.05) is 25.3 Å². The highest BCUT2D eigenvalue weighted by Crippen LogP contribution is 2.16. The van der Waals surface area contributed by atoms with Gasteiger partial charge in [0.1, 0.15) is 0 Å². The van der Waals surface area contributed by atoms with E-state index in [1.165, 1.54) is 37.2 Å². The number of hydrogen-bond donors (Lipinski definition) is 1. The second-order valence-corrected chi connectivity index (χ2v) is 5.89. The van der Waals surface area contributed by atoms with Gasteiger partial charge in [0.05, 0.1) is 5.69 Å². The topological polar surface area (TPSA) is 31.4 Å². The molecule has 0 saturated carbocycles. The molecule has 4 heteroatoms. The zero-order chi connectivity index (χ0) is 14.4. The lowest BCUT2D eigenvalue weighted by atomic mass is 10.0. The van der Waals surface area contributed by atoms with Crippen LogP contribution in [0.5, 0.6) is 0 Å². The van der Waals surface area contributed by atoms with Crippen LogP contribution in [0.1, 0.15) is 31.0 Å². The van der Waals surface area contributed by atoms with E-state index in [1.54, 1.807) is 0 Å². The lowest BCUT2D eigenvalue weighted by Crippen LogP contribution is -2.41. The Bertz CT molecular complexity index is 382. The molecule has 1 aliphatic heterocycles. The number of hydrogen-bond acceptors (Lipinski definition) is 4. The van der Waals surface area contributed by atoms with E-state index >= 15 is 0 Å². The number of pyridine rings is 1. The molecule has 1 aromatic heterocycles. The molecule has 0 unspecified atom stereocenters. The number of likely N-dealkylation sites (tertiary alicyclic amines) is 1. The molecule has 2 rings (SSSR count). The summed E-state index contributed by atoms with van der Waals surface area (Å²) < 4.78 is 0. The monoisotopic (exact) mass is 276 g/mol. The van der Waals surface area contributed by atoms with Gasteiger partial charge in [0.25, 0.3) is 0 Å². The Morgan fingerprint density at radius 1 is 1.35 bits per heavy atom. The summed E-state index contributed by atoms with van der Waals surface area (Å²) in [6.45, 7) is 7.41. The Kier molecular flexibility index (Phi) is 5.95. The first kappa shape index (κ1) is 15.4. The predicted molar refractivity (Wildman–Crippen MR) is 83.6 cm³/mol. The Morgan fingerprint density at radius 2 is 2.10 bits per heavy atom. The van der Waals surface area contributed by atoms with Crippen LogP contribution in [0.2, 0.25) is 0 Å². The van der Waals surface area contributed by atoms with Crippen molar-refractivity contribution in [1.29, 1.82) is 0 Å². The fraction of sp³-hybridized carbons (Fsp3) is 0.688. The van der Waals surface area contributed by atoms with Crippen LogP contribution in [-0.2, 0) is 13.1 Å². The summed E-state index contributed by atoms with van der Waals surface area (Å²) in [6.07, 6.45) is 4.54. The van der Waals surface area contributed by atoms with Crippen LogP contribution in [-0.4, -0.2) is 54.6 Å². The van der Waals surface area contributed by atoms with E-state index in [0.29, 0.717) is 6.04 Å². The van der Waals surface area contributed by atoms with Gasteiger partial charge in [0.15, 0.2) is 0 Å². The quantitative estimate of drug-likeness (QED) is 0.857. The third kappa shape index (κ3) is 4.54. The zero-order valence-electron chi connectivity index (χ0n) is 13.1. The molecule has 0 aromatic carbocycles. The van der Waals surface area contributed by atoms with Crippen LogP contribution in [0.15, 0.2) is 18.3 Å². The van der Waals surface area contributed by atoms with Crippen molar-refractivity contribution in [3.63, 3.8) is 0 Å². The van der Waals surface area contributed by atoms with Gasteiger partial charge >= 0.3 is 0 Å². The molecular weight excluding hydrogens is 248 g/mol. The fourth-order valence-corrected chi connectivity index (χ4v) is 2.74. The maximum atomic E-state index is 4.59. The van der Waals surface area contributed by atoms with Gasteiger partial charge in [-0.2, -0.15) is 0 Å². The first-order valence-corrected chi connectivity index (χ1v) is 7.72. The summed E-state index contributed by atoms with van der Waals surface area (Å²) in [5.41, 5.74) is 2.43. The molecule has 0 bridgehead atoms. The normalized spacial score (nSPS) is 17.8. The van der Waals surface area contributed by atoms with Crippen LogP contribution in [0.25, 0.3) is 0 Å². The summed E-state index contributed by atoms with van der Waals surface area (Å²) in [5, 5.41) is 3.33. The summed E-state index contributed by atoms with van der Waals surface area (Å²) in [4.78, 5) is 9.46. The molecule has 112 valence electrons. The minimum atomic E-state index is 0.703. The third-order valence-electron chi connectivity index (χ3n) is 4.19. The second kappa shape index (κ2) is 7.72. The molecule has 1 saturated heterocycles. The van der Waals surface area contributed by atoms with Gasteiger partial charge in [-0.05, 0) is 58.2 Å². The molecule has 2 heterocycles. The highest BCUT2D eigenvalue weighted by atomic mass is 15.2. The van der Waals surface area contributed by atoms with Gasteiger partial charge in [0.2, 0.25) is 0 Å². The van der Waals surface area contributed by atoms with Crippen molar-refractivity contribution >= 4 is 0 Å². The zero-order valence-corrected chi connectivity index (χ0v) is 13.1. The van der Waals surface area contributed by atoms with Crippen molar-refractivity contribution in [1.82, 2.24) is 20.1 Å². The lowest BCUT2D eigenvalue weighted by molar-refractivity contribution is 0.138. The second-order valence-electron chi connectivity index (χ2n) is 5.89. The van der Waals surface area contributed by atoms with E-state index < -0.39 is 0 Å². The standard InChI is InChI=1S/C16H28N4/c1-4-17-11-14-5-6-15(18-12-14)13-20(3)16-7-9-19(2)10-8-16/h5-6,12,16-17H,4,7-11,13H2,1-3H3. The number of rotatable bonds is 6. The van der Waals surface area contributed by atoms with Crippen LogP contribution in [0.4, 0.5) is 0 Å². The van der Waals surface area contributed by atoms with Crippen molar-refractivity contribution in [2.24, 2.45) is 0 Å². The van der Waals surface area contributed by atoms with E-state index in [0.717, 1.165) is 19.6 Å². The van der Waals surface area contributed by atoms with Gasteiger partial charge in [-0.25, -0.2) is 0 Å². The molecule has 0 spiro atoms. The molecule has 0 aliphatic carbocycles. The van der Waals surface area contributed by atoms with Gasteiger partial charge in [-0.15, -0.1) is 0 Å². The molecule has 4 nitrogen and oxygen atoms in total. The highest BCUT2D eigenvalue weighted by molar-refractivity contribution is 5.14. The van der Waals surface area contributed by atoms with Gasteiger partial charge in [-0.3, -0.25) is 9.88 Å². The molecule has 0 atom stereocenters. The van der Waals surface area contributed by atoms with E-state index in [1.807, 2.05) is 6.20 Å². The SMILES string of the molecule is CCNCc1ccc(CN(C)C2CCN(C)CC2)nc1. The maximum Gasteiger partial charge on any atom is 0.0544 e. The van der Waals surface area contributed by atoms with Crippen LogP contribution >= 0.6 is 0 Å². The van der Waals surface area contributed by atoms with Crippen LogP contribution in [0, 0.1) is 0 Å². The highest BCUT2D eigenvalue weighted by Gasteiger charge is 2.20. The van der Waals surface area contributed by atoms with Crippen molar-refractivity contribution in [2.45, 2.75) is 38.9 Å². The number of nitrogens with one attached hydrogen (secondary N) is 1. The number of aromatic nitrogens is 1. The number of piperidine rings is 1. The predicted octanol–water partition coefficient (Wildman–Crippen LogP) is 1.72. The largest absolute Gasteiger partial charge is 0.313 e. The summed E-state index contributed by atoms with van der Waals surface area (Å²) in [5.74, 6) is 0. The molecule has 0 radical (unpaired) electrons. The van der Waals surface area contributed by atoms with E-state index in [2.05, 4.69) is 53.3 Å². The lowest BCUT2D eigenvalue weighted by Gasteiger charge is -2.34. The Labute approximate surface area is 123 Å². The molecule has 0 amide bonds. The van der Waals surface area contributed by atoms with E-state index in [4.69, 9.17) is 0 Å². The van der Waals surface area contributed by atoms with Gasteiger partial charge < -0.3 is 10.2 Å². The van der Waals surface area contributed by atoms with Gasteiger partial charge in [-0.1, -0.05) is 13.0 Å².